The van der Waals surface area contributed by atoms with E-state index >= 15 is 0 Å². The third-order valence-corrected chi connectivity index (χ3v) is 3.70. The van der Waals surface area contributed by atoms with E-state index in [1.54, 1.807) is 49.5 Å². The molecule has 0 atom stereocenters. The maximum Gasteiger partial charge on any atom is 0.341 e. The van der Waals surface area contributed by atoms with Gasteiger partial charge in [-0.1, -0.05) is 40.9 Å². The Morgan fingerprint density at radius 3 is 2.41 bits per heavy atom. The molecule has 0 radical (unpaired) electrons. The molecule has 0 aromatic heterocycles. The Labute approximate surface area is 143 Å². The fourth-order valence-corrected chi connectivity index (χ4v) is 1.97. The summed E-state index contributed by atoms with van der Waals surface area (Å²) in [5, 5.41) is 9.41. The lowest BCUT2D eigenvalue weighted by Crippen LogP contribution is -2.26. The van der Waals surface area contributed by atoms with Crippen LogP contribution in [0.25, 0.3) is 0 Å². The van der Waals surface area contributed by atoms with Crippen molar-refractivity contribution in [2.45, 2.75) is 0 Å². The maximum atomic E-state index is 12.0. The van der Waals surface area contributed by atoms with Crippen LogP contribution >= 0.6 is 34.8 Å². The van der Waals surface area contributed by atoms with Crippen molar-refractivity contribution in [2.24, 2.45) is 5.10 Å². The standard InChI is InChI=1S/C15H12Cl3N3O/c1-21(15(22)20-12-5-3-11(16)4-6-12)19-9-10-2-7-13(17)14(18)8-10/h2-9H,1H3,(H,20,22). The van der Waals surface area contributed by atoms with Crippen molar-refractivity contribution in [3.63, 3.8) is 0 Å². The molecular weight excluding hydrogens is 345 g/mol. The first kappa shape index (κ1) is 16.6. The summed E-state index contributed by atoms with van der Waals surface area (Å²) in [7, 11) is 1.54. The summed E-state index contributed by atoms with van der Waals surface area (Å²) in [6, 6.07) is 11.5. The smallest absolute Gasteiger partial charge is 0.306 e. The number of anilines is 1. The molecule has 1 N–H and O–H groups in total. The van der Waals surface area contributed by atoms with Gasteiger partial charge < -0.3 is 5.32 Å². The normalized spacial score (nSPS) is 10.7. The van der Waals surface area contributed by atoms with Crippen LogP contribution in [0.15, 0.2) is 47.6 Å². The van der Waals surface area contributed by atoms with Gasteiger partial charge in [0.15, 0.2) is 0 Å². The molecule has 4 nitrogen and oxygen atoms in total. The number of carbonyl (C=O) groups excluding carboxylic acids is 1. The molecule has 0 spiro atoms. The number of urea groups is 1. The van der Waals surface area contributed by atoms with E-state index in [0.29, 0.717) is 20.8 Å². The Bertz CT molecular complexity index is 702. The third kappa shape index (κ3) is 4.63. The molecule has 0 bridgehead atoms. The average molecular weight is 357 g/mol. The first-order chi connectivity index (χ1) is 10.5. The number of halogens is 3. The van der Waals surface area contributed by atoms with E-state index in [-0.39, 0.29) is 6.03 Å². The van der Waals surface area contributed by atoms with Crippen LogP contribution in [-0.2, 0) is 0 Å². The van der Waals surface area contributed by atoms with E-state index < -0.39 is 0 Å². The van der Waals surface area contributed by atoms with Crippen molar-refractivity contribution >= 4 is 52.7 Å². The van der Waals surface area contributed by atoms with Crippen LogP contribution in [0.1, 0.15) is 5.56 Å². The highest BCUT2D eigenvalue weighted by molar-refractivity contribution is 6.42. The van der Waals surface area contributed by atoms with Gasteiger partial charge in [-0.05, 0) is 42.0 Å². The topological polar surface area (TPSA) is 44.7 Å². The van der Waals surface area contributed by atoms with E-state index in [1.165, 1.54) is 11.2 Å². The Morgan fingerprint density at radius 2 is 1.77 bits per heavy atom. The molecule has 0 aliphatic heterocycles. The molecule has 7 heteroatoms. The van der Waals surface area contributed by atoms with E-state index in [0.717, 1.165) is 5.56 Å². The molecule has 22 heavy (non-hydrogen) atoms. The van der Waals surface area contributed by atoms with E-state index in [2.05, 4.69) is 10.4 Å². The van der Waals surface area contributed by atoms with Crippen LogP contribution in [-0.4, -0.2) is 24.3 Å². The molecule has 0 heterocycles. The summed E-state index contributed by atoms with van der Waals surface area (Å²) in [6.45, 7) is 0. The average Bonchev–Trinajstić information content (AvgIpc) is 2.50. The Morgan fingerprint density at radius 1 is 1.09 bits per heavy atom. The van der Waals surface area contributed by atoms with E-state index in [9.17, 15) is 4.79 Å². The molecule has 0 saturated carbocycles. The zero-order valence-electron chi connectivity index (χ0n) is 11.6. The highest BCUT2D eigenvalue weighted by Crippen LogP contribution is 2.21. The Hall–Kier alpha value is -1.75. The number of hydrogen-bond donors (Lipinski definition) is 1. The quantitative estimate of drug-likeness (QED) is 0.600. The number of hydrogen-bond acceptors (Lipinski definition) is 2. The fraction of sp³-hybridized carbons (Fsp3) is 0.0667. The van der Waals surface area contributed by atoms with Crippen LogP contribution < -0.4 is 5.32 Å². The van der Waals surface area contributed by atoms with Crippen molar-refractivity contribution < 1.29 is 4.79 Å². The molecule has 0 saturated heterocycles. The zero-order valence-corrected chi connectivity index (χ0v) is 13.8. The van der Waals surface area contributed by atoms with Gasteiger partial charge in [0.25, 0.3) is 0 Å². The largest absolute Gasteiger partial charge is 0.341 e. The van der Waals surface area contributed by atoms with Crippen LogP contribution in [0.3, 0.4) is 0 Å². The molecule has 0 aliphatic carbocycles. The van der Waals surface area contributed by atoms with Crippen LogP contribution in [0.2, 0.25) is 15.1 Å². The lowest BCUT2D eigenvalue weighted by Gasteiger charge is -2.12. The second-order valence-corrected chi connectivity index (χ2v) is 5.63. The fourth-order valence-electron chi connectivity index (χ4n) is 1.54. The van der Waals surface area contributed by atoms with E-state index in [1.807, 2.05) is 0 Å². The van der Waals surface area contributed by atoms with Crippen molar-refractivity contribution in [2.75, 3.05) is 12.4 Å². The number of carbonyl (C=O) groups is 1. The third-order valence-electron chi connectivity index (χ3n) is 2.71. The molecule has 0 unspecified atom stereocenters. The Kier molecular flexibility index (Phi) is 5.66. The summed E-state index contributed by atoms with van der Waals surface area (Å²) in [5.74, 6) is 0. The first-order valence-corrected chi connectivity index (χ1v) is 7.38. The van der Waals surface area contributed by atoms with Crippen molar-refractivity contribution in [3.8, 4) is 0 Å². The van der Waals surface area contributed by atoms with Gasteiger partial charge in [0.2, 0.25) is 0 Å². The molecule has 0 fully saturated rings. The van der Waals surface area contributed by atoms with Crippen molar-refractivity contribution in [1.29, 1.82) is 0 Å². The monoisotopic (exact) mass is 355 g/mol. The van der Waals surface area contributed by atoms with Crippen LogP contribution in [0.5, 0.6) is 0 Å². The van der Waals surface area contributed by atoms with Crippen LogP contribution in [0, 0.1) is 0 Å². The minimum Gasteiger partial charge on any atom is -0.306 e. The number of nitrogens with zero attached hydrogens (tertiary/aromatic N) is 2. The second kappa shape index (κ2) is 7.49. The second-order valence-electron chi connectivity index (χ2n) is 4.38. The maximum absolute atomic E-state index is 12.0. The Balaban J connectivity index is 1.99. The van der Waals surface area contributed by atoms with Gasteiger partial charge in [-0.25, -0.2) is 9.80 Å². The summed E-state index contributed by atoms with van der Waals surface area (Å²) >= 11 is 17.5. The predicted molar refractivity (Wildman–Crippen MR) is 92.3 cm³/mol. The number of rotatable bonds is 3. The van der Waals surface area contributed by atoms with Gasteiger partial charge in [-0.2, -0.15) is 5.10 Å². The highest BCUT2D eigenvalue weighted by atomic mass is 35.5. The summed E-state index contributed by atoms with van der Waals surface area (Å²) < 4.78 is 0. The van der Waals surface area contributed by atoms with Crippen molar-refractivity contribution in [1.82, 2.24) is 5.01 Å². The first-order valence-electron chi connectivity index (χ1n) is 6.25. The summed E-state index contributed by atoms with van der Waals surface area (Å²) in [4.78, 5) is 12.0. The molecular formula is C15H12Cl3N3O. The minimum atomic E-state index is -0.376. The highest BCUT2D eigenvalue weighted by Gasteiger charge is 2.07. The lowest BCUT2D eigenvalue weighted by atomic mass is 10.2. The minimum absolute atomic E-state index is 0.376. The van der Waals surface area contributed by atoms with Gasteiger partial charge in [0.1, 0.15) is 0 Å². The van der Waals surface area contributed by atoms with Crippen molar-refractivity contribution in [3.05, 3.63) is 63.1 Å². The molecule has 0 aliphatic rings. The van der Waals surface area contributed by atoms with Gasteiger partial charge >= 0.3 is 6.03 Å². The number of nitrogens with one attached hydrogen (secondary N) is 1. The molecule has 2 rings (SSSR count). The zero-order chi connectivity index (χ0) is 16.1. The molecule has 2 aromatic rings. The molecule has 2 aromatic carbocycles. The van der Waals surface area contributed by atoms with E-state index in [4.69, 9.17) is 34.8 Å². The number of hydrazone groups is 1. The van der Waals surface area contributed by atoms with Gasteiger partial charge in [-0.15, -0.1) is 0 Å². The number of amides is 2. The lowest BCUT2D eigenvalue weighted by molar-refractivity contribution is 0.224. The molecule has 114 valence electrons. The van der Waals surface area contributed by atoms with Gasteiger partial charge in [-0.3, -0.25) is 0 Å². The van der Waals surface area contributed by atoms with Gasteiger partial charge in [0, 0.05) is 17.8 Å². The number of benzene rings is 2. The SMILES string of the molecule is CN(N=Cc1ccc(Cl)c(Cl)c1)C(=O)Nc1ccc(Cl)cc1. The molecule has 2 amide bonds. The summed E-state index contributed by atoms with van der Waals surface area (Å²) in [5.41, 5.74) is 1.37. The van der Waals surface area contributed by atoms with Crippen LogP contribution in [0.4, 0.5) is 10.5 Å². The predicted octanol–water partition coefficient (Wildman–Crippen LogP) is 5.14. The van der Waals surface area contributed by atoms with Gasteiger partial charge in [0.05, 0.1) is 16.3 Å². The summed E-state index contributed by atoms with van der Waals surface area (Å²) in [6.07, 6.45) is 1.52.